The first kappa shape index (κ1) is 9.91. The van der Waals surface area contributed by atoms with E-state index in [2.05, 4.69) is 0 Å². The van der Waals surface area contributed by atoms with Crippen LogP contribution in [0, 0.1) is 0 Å². The van der Waals surface area contributed by atoms with Crippen molar-refractivity contribution in [3.8, 4) is 0 Å². The summed E-state index contributed by atoms with van der Waals surface area (Å²) in [6.45, 7) is 3.24. The van der Waals surface area contributed by atoms with Crippen molar-refractivity contribution in [1.29, 1.82) is 0 Å². The normalized spacial score (nSPS) is 18.4. The highest BCUT2D eigenvalue weighted by molar-refractivity contribution is 7.91. The van der Waals surface area contributed by atoms with Gasteiger partial charge in [0.1, 0.15) is 0 Å². The van der Waals surface area contributed by atoms with Crippen molar-refractivity contribution in [2.45, 2.75) is 31.6 Å². The van der Waals surface area contributed by atoms with Crippen molar-refractivity contribution in [3.05, 3.63) is 0 Å². The Morgan fingerprint density at radius 2 is 1.90 bits per heavy atom. The van der Waals surface area contributed by atoms with Crippen molar-refractivity contribution in [2.75, 3.05) is 6.26 Å². The maximum absolute atomic E-state index is 10.8. The maximum Gasteiger partial charge on any atom is 0.152 e. The molecule has 0 radical (unpaired) electrons. The lowest BCUT2D eigenvalue weighted by atomic mass is 10.2. The zero-order valence-corrected chi connectivity index (χ0v) is 7.35. The van der Waals surface area contributed by atoms with Crippen LogP contribution in [0.2, 0.25) is 0 Å². The quantitative estimate of drug-likeness (QED) is 0.651. The largest absolute Gasteiger partial charge is 0.392 e. The van der Waals surface area contributed by atoms with Gasteiger partial charge in [0.05, 0.1) is 11.4 Å². The molecule has 0 aliphatic heterocycles. The van der Waals surface area contributed by atoms with Crippen molar-refractivity contribution in [2.24, 2.45) is 0 Å². The summed E-state index contributed by atoms with van der Waals surface area (Å²) < 4.78 is 21.7. The molecule has 4 heteroatoms. The molecule has 0 saturated carbocycles. The zero-order valence-electron chi connectivity index (χ0n) is 6.53. The molecule has 0 aliphatic rings. The molecule has 0 spiro atoms. The zero-order chi connectivity index (χ0) is 8.36. The van der Waals surface area contributed by atoms with Gasteiger partial charge in [-0.25, -0.2) is 8.42 Å². The van der Waals surface area contributed by atoms with Gasteiger partial charge in [-0.3, -0.25) is 0 Å². The summed E-state index contributed by atoms with van der Waals surface area (Å²) in [4.78, 5) is 0. The standard InChI is InChI=1S/C6H14O3S/c1-4-6(5(2)7)10(3,8)9/h5-7H,4H2,1-3H3/t5-,6+/m1/s1. The lowest BCUT2D eigenvalue weighted by molar-refractivity contribution is 0.186. The lowest BCUT2D eigenvalue weighted by Gasteiger charge is -2.14. The van der Waals surface area contributed by atoms with E-state index in [9.17, 15) is 8.42 Å². The van der Waals surface area contributed by atoms with Gasteiger partial charge in [0, 0.05) is 6.26 Å². The molecule has 1 N–H and O–H groups in total. The van der Waals surface area contributed by atoms with E-state index in [0.717, 1.165) is 6.26 Å². The van der Waals surface area contributed by atoms with Crippen molar-refractivity contribution < 1.29 is 13.5 Å². The van der Waals surface area contributed by atoms with Crippen LogP contribution >= 0.6 is 0 Å². The Morgan fingerprint density at radius 1 is 1.50 bits per heavy atom. The van der Waals surface area contributed by atoms with Crippen LogP contribution in [0.25, 0.3) is 0 Å². The van der Waals surface area contributed by atoms with Crippen LogP contribution < -0.4 is 0 Å². The summed E-state index contributed by atoms with van der Waals surface area (Å²) in [5.41, 5.74) is 0. The monoisotopic (exact) mass is 166 g/mol. The van der Waals surface area contributed by atoms with Crippen molar-refractivity contribution in [3.63, 3.8) is 0 Å². The minimum atomic E-state index is -3.06. The van der Waals surface area contributed by atoms with Gasteiger partial charge in [0.2, 0.25) is 0 Å². The van der Waals surface area contributed by atoms with Crippen LogP contribution in [0.4, 0.5) is 0 Å². The Bertz CT molecular complexity index is 181. The second-order valence-electron chi connectivity index (χ2n) is 2.52. The summed E-state index contributed by atoms with van der Waals surface area (Å²) in [5.74, 6) is 0. The Balaban J connectivity index is 4.38. The predicted octanol–water partition coefficient (Wildman–Crippen LogP) is 0.190. The molecule has 0 aromatic heterocycles. The lowest BCUT2D eigenvalue weighted by Crippen LogP contribution is -2.30. The van der Waals surface area contributed by atoms with Crippen LogP contribution in [-0.2, 0) is 9.84 Å². The van der Waals surface area contributed by atoms with E-state index >= 15 is 0 Å². The molecule has 0 aromatic carbocycles. The van der Waals surface area contributed by atoms with Crippen LogP contribution in [0.5, 0.6) is 0 Å². The average molecular weight is 166 g/mol. The van der Waals surface area contributed by atoms with E-state index in [1.165, 1.54) is 6.92 Å². The summed E-state index contributed by atoms with van der Waals surface area (Å²) in [6.07, 6.45) is 0.852. The third-order valence-electron chi connectivity index (χ3n) is 1.49. The molecular weight excluding hydrogens is 152 g/mol. The fourth-order valence-electron chi connectivity index (χ4n) is 1.00. The number of hydrogen-bond donors (Lipinski definition) is 1. The fraction of sp³-hybridized carbons (Fsp3) is 1.00. The Hall–Kier alpha value is -0.0900. The molecule has 0 rings (SSSR count). The topological polar surface area (TPSA) is 54.4 Å². The Morgan fingerprint density at radius 3 is 1.90 bits per heavy atom. The second kappa shape index (κ2) is 3.34. The molecule has 0 aliphatic carbocycles. The fourth-order valence-corrected chi connectivity index (χ4v) is 2.32. The number of hydrogen-bond acceptors (Lipinski definition) is 3. The SMILES string of the molecule is CC[C@@H]([C@@H](C)O)S(C)(=O)=O. The smallest absolute Gasteiger partial charge is 0.152 e. The van der Waals surface area contributed by atoms with E-state index < -0.39 is 21.2 Å². The average Bonchev–Trinajstić information content (AvgIpc) is 1.60. The van der Waals surface area contributed by atoms with Gasteiger partial charge in [-0.2, -0.15) is 0 Å². The van der Waals surface area contributed by atoms with E-state index in [-0.39, 0.29) is 0 Å². The first-order valence-electron chi connectivity index (χ1n) is 3.26. The van der Waals surface area contributed by atoms with Gasteiger partial charge in [-0.15, -0.1) is 0 Å². The Kier molecular flexibility index (Phi) is 3.31. The molecular formula is C6H14O3S. The van der Waals surface area contributed by atoms with Gasteiger partial charge in [0.15, 0.2) is 9.84 Å². The third kappa shape index (κ3) is 2.66. The number of aliphatic hydroxyl groups is 1. The summed E-state index contributed by atoms with van der Waals surface area (Å²) in [6, 6.07) is 0. The number of sulfone groups is 1. The van der Waals surface area contributed by atoms with Gasteiger partial charge >= 0.3 is 0 Å². The highest BCUT2D eigenvalue weighted by Gasteiger charge is 2.23. The van der Waals surface area contributed by atoms with Gasteiger partial charge in [0.25, 0.3) is 0 Å². The van der Waals surface area contributed by atoms with Crippen LogP contribution in [0.15, 0.2) is 0 Å². The summed E-state index contributed by atoms with van der Waals surface area (Å²) in [5, 5.41) is 8.36. The van der Waals surface area contributed by atoms with Crippen LogP contribution in [0.1, 0.15) is 20.3 Å². The maximum atomic E-state index is 10.8. The first-order chi connectivity index (χ1) is 4.39. The van der Waals surface area contributed by atoms with E-state index in [1.807, 2.05) is 0 Å². The Labute approximate surface area is 62.0 Å². The predicted molar refractivity (Wildman–Crippen MR) is 40.6 cm³/mol. The van der Waals surface area contributed by atoms with Gasteiger partial charge in [-0.1, -0.05) is 6.92 Å². The van der Waals surface area contributed by atoms with Crippen molar-refractivity contribution >= 4 is 9.84 Å². The van der Waals surface area contributed by atoms with E-state index in [0.29, 0.717) is 6.42 Å². The van der Waals surface area contributed by atoms with Crippen molar-refractivity contribution in [1.82, 2.24) is 0 Å². The van der Waals surface area contributed by atoms with Crippen LogP contribution in [0.3, 0.4) is 0 Å². The molecule has 0 unspecified atom stereocenters. The number of rotatable bonds is 3. The second-order valence-corrected chi connectivity index (χ2v) is 4.78. The van der Waals surface area contributed by atoms with Crippen LogP contribution in [-0.4, -0.2) is 31.1 Å². The molecule has 0 amide bonds. The molecule has 0 heterocycles. The van der Waals surface area contributed by atoms with Gasteiger partial charge in [-0.05, 0) is 13.3 Å². The van der Waals surface area contributed by atoms with E-state index in [1.54, 1.807) is 6.92 Å². The molecule has 10 heavy (non-hydrogen) atoms. The van der Waals surface area contributed by atoms with Gasteiger partial charge < -0.3 is 5.11 Å². The summed E-state index contributed by atoms with van der Waals surface area (Å²) in [7, 11) is -3.06. The third-order valence-corrected chi connectivity index (χ3v) is 3.32. The molecule has 0 saturated heterocycles. The molecule has 2 atom stereocenters. The first-order valence-corrected chi connectivity index (χ1v) is 5.22. The molecule has 0 fully saturated rings. The molecule has 3 nitrogen and oxygen atoms in total. The van der Waals surface area contributed by atoms with E-state index in [4.69, 9.17) is 5.11 Å². The molecule has 0 bridgehead atoms. The molecule has 62 valence electrons. The highest BCUT2D eigenvalue weighted by Crippen LogP contribution is 2.08. The minimum absolute atomic E-state index is 0.469. The number of aliphatic hydroxyl groups excluding tert-OH is 1. The minimum Gasteiger partial charge on any atom is -0.392 e. The summed E-state index contributed by atoms with van der Waals surface area (Å²) >= 11 is 0. The highest BCUT2D eigenvalue weighted by atomic mass is 32.2. The molecule has 0 aromatic rings.